The lowest BCUT2D eigenvalue weighted by Crippen LogP contribution is -2.31. The lowest BCUT2D eigenvalue weighted by atomic mass is 9.89. The van der Waals surface area contributed by atoms with Gasteiger partial charge in [-0.2, -0.15) is 0 Å². The third kappa shape index (κ3) is 1.74. The molecule has 3 rings (SSSR count). The van der Waals surface area contributed by atoms with Gasteiger partial charge in [0.15, 0.2) is 0 Å². The highest BCUT2D eigenvalue weighted by Crippen LogP contribution is 2.50. The predicted octanol–water partition coefficient (Wildman–Crippen LogP) is 1.76. The Balaban J connectivity index is 1.86. The lowest BCUT2D eigenvalue weighted by molar-refractivity contribution is 0.554. The predicted molar refractivity (Wildman–Crippen MR) is 75.0 cm³/mol. The number of benzene rings is 1. The van der Waals surface area contributed by atoms with Gasteiger partial charge in [-0.3, -0.25) is 4.99 Å². The Kier molecular flexibility index (Phi) is 2.67. The maximum absolute atomic E-state index is 6.12. The lowest BCUT2D eigenvalue weighted by Gasteiger charge is -2.21. The highest BCUT2D eigenvalue weighted by Gasteiger charge is 2.47. The molecule has 0 saturated heterocycles. The number of aliphatic imine (C=N–C) groups is 1. The second-order valence-electron chi connectivity index (χ2n) is 5.65. The van der Waals surface area contributed by atoms with Crippen LogP contribution in [0.1, 0.15) is 30.9 Å². The summed E-state index contributed by atoms with van der Waals surface area (Å²) in [5.74, 6) is 1.12. The first kappa shape index (κ1) is 11.7. The monoisotopic (exact) mass is 243 g/mol. The van der Waals surface area contributed by atoms with E-state index in [2.05, 4.69) is 48.1 Å². The summed E-state index contributed by atoms with van der Waals surface area (Å²) in [4.78, 5) is 6.76. The Hall–Kier alpha value is -1.35. The Labute approximate surface area is 109 Å². The summed E-state index contributed by atoms with van der Waals surface area (Å²) in [7, 11) is 2.10. The first-order valence-electron chi connectivity index (χ1n) is 6.75. The van der Waals surface area contributed by atoms with Crippen LogP contribution < -0.4 is 5.73 Å². The Morgan fingerprint density at radius 1 is 1.28 bits per heavy atom. The van der Waals surface area contributed by atoms with Crippen molar-refractivity contribution in [3.8, 4) is 0 Å². The van der Waals surface area contributed by atoms with Gasteiger partial charge in [0.05, 0.1) is 6.54 Å². The fraction of sp³-hybridized carbons (Fsp3) is 0.533. The minimum Gasteiger partial charge on any atom is -0.358 e. The van der Waals surface area contributed by atoms with Crippen LogP contribution in [0, 0.1) is 0 Å². The number of rotatable bonds is 3. The Bertz CT molecular complexity index is 469. The van der Waals surface area contributed by atoms with Crippen molar-refractivity contribution in [1.82, 2.24) is 4.90 Å². The van der Waals surface area contributed by atoms with Crippen LogP contribution >= 0.6 is 0 Å². The van der Waals surface area contributed by atoms with E-state index in [9.17, 15) is 0 Å². The fourth-order valence-electron chi connectivity index (χ4n) is 2.94. The molecular weight excluding hydrogens is 222 g/mol. The number of amidine groups is 1. The van der Waals surface area contributed by atoms with Crippen molar-refractivity contribution in [1.29, 1.82) is 0 Å². The van der Waals surface area contributed by atoms with Gasteiger partial charge in [0.2, 0.25) is 0 Å². The van der Waals surface area contributed by atoms with Crippen LogP contribution in [0.5, 0.6) is 0 Å². The summed E-state index contributed by atoms with van der Waals surface area (Å²) in [6.45, 7) is 4.06. The first-order valence-corrected chi connectivity index (χ1v) is 6.75. The molecule has 18 heavy (non-hydrogen) atoms. The van der Waals surface area contributed by atoms with Gasteiger partial charge in [-0.05, 0) is 25.3 Å². The van der Waals surface area contributed by atoms with E-state index in [4.69, 9.17) is 5.73 Å². The van der Waals surface area contributed by atoms with Crippen molar-refractivity contribution in [2.45, 2.75) is 31.2 Å². The van der Waals surface area contributed by atoms with Crippen LogP contribution in [0.25, 0.3) is 0 Å². The number of hydrogen-bond donors (Lipinski definition) is 1. The summed E-state index contributed by atoms with van der Waals surface area (Å²) < 4.78 is 0. The molecule has 1 unspecified atom stereocenters. The maximum Gasteiger partial charge on any atom is 0.130 e. The zero-order valence-corrected chi connectivity index (χ0v) is 11.2. The highest BCUT2D eigenvalue weighted by atomic mass is 15.2. The summed E-state index contributed by atoms with van der Waals surface area (Å²) >= 11 is 0. The first-order chi connectivity index (χ1) is 8.63. The zero-order valence-electron chi connectivity index (χ0n) is 11.2. The van der Waals surface area contributed by atoms with Crippen LogP contribution in [0.15, 0.2) is 29.3 Å². The molecule has 96 valence electrons. The maximum atomic E-state index is 6.12. The van der Waals surface area contributed by atoms with Crippen LogP contribution in [-0.2, 0) is 5.41 Å². The molecule has 0 radical (unpaired) electrons. The second-order valence-corrected chi connectivity index (χ2v) is 5.65. The van der Waals surface area contributed by atoms with Gasteiger partial charge in [0.1, 0.15) is 5.84 Å². The fourth-order valence-corrected chi connectivity index (χ4v) is 2.94. The molecule has 1 fully saturated rings. The Morgan fingerprint density at radius 2 is 1.94 bits per heavy atom. The van der Waals surface area contributed by atoms with E-state index < -0.39 is 0 Å². The third-order valence-electron chi connectivity index (χ3n) is 4.44. The normalized spacial score (nSPS) is 22.8. The molecule has 2 aliphatic rings. The van der Waals surface area contributed by atoms with Gasteiger partial charge < -0.3 is 10.6 Å². The van der Waals surface area contributed by atoms with Crippen molar-refractivity contribution in [2.24, 2.45) is 10.7 Å². The molecule has 1 aliphatic heterocycles. The van der Waals surface area contributed by atoms with E-state index in [1.165, 1.54) is 24.0 Å². The van der Waals surface area contributed by atoms with Crippen molar-refractivity contribution in [3.05, 3.63) is 35.4 Å². The molecule has 0 spiro atoms. The van der Waals surface area contributed by atoms with Crippen molar-refractivity contribution in [3.63, 3.8) is 0 Å². The van der Waals surface area contributed by atoms with E-state index >= 15 is 0 Å². The topological polar surface area (TPSA) is 41.6 Å². The van der Waals surface area contributed by atoms with Gasteiger partial charge in [-0.1, -0.05) is 24.3 Å². The molecular formula is C15H21N3. The van der Waals surface area contributed by atoms with Gasteiger partial charge in [-0.15, -0.1) is 0 Å². The number of nitrogens with two attached hydrogens (primary N) is 1. The number of hydrogen-bond acceptors (Lipinski definition) is 3. The van der Waals surface area contributed by atoms with Crippen LogP contribution in [0.2, 0.25) is 0 Å². The number of nitrogens with zero attached hydrogens (tertiary/aromatic N) is 2. The molecule has 2 N–H and O–H groups in total. The summed E-state index contributed by atoms with van der Waals surface area (Å²) in [6.07, 6.45) is 2.45. The quantitative estimate of drug-likeness (QED) is 0.879. The second kappa shape index (κ2) is 4.09. The minimum absolute atomic E-state index is 0.245. The van der Waals surface area contributed by atoms with Crippen LogP contribution in [-0.4, -0.2) is 36.9 Å². The smallest absolute Gasteiger partial charge is 0.130 e. The largest absolute Gasteiger partial charge is 0.358 e. The highest BCUT2D eigenvalue weighted by molar-refractivity contribution is 5.99. The summed E-state index contributed by atoms with van der Waals surface area (Å²) in [5.41, 5.74) is 8.98. The molecule has 1 atom stereocenters. The molecule has 0 amide bonds. The molecule has 1 aromatic carbocycles. The molecule has 0 aromatic heterocycles. The van der Waals surface area contributed by atoms with E-state index in [0.717, 1.165) is 18.9 Å². The molecule has 1 saturated carbocycles. The number of likely N-dealkylation sites (N-methyl/N-ethyl adjacent to an activating group) is 1. The summed E-state index contributed by atoms with van der Waals surface area (Å²) in [6, 6.07) is 9.10. The van der Waals surface area contributed by atoms with Crippen LogP contribution in [0.3, 0.4) is 0 Å². The standard InChI is InChI=1S/C15H21N3/c1-11(16)15(7-8-15)13-5-3-12(4-6-13)14-17-9-10-18(14)2/h3-6,11H,7-10,16H2,1-2H3. The molecule has 0 bridgehead atoms. The van der Waals surface area contributed by atoms with Crippen molar-refractivity contribution >= 4 is 5.84 Å². The third-order valence-corrected chi connectivity index (χ3v) is 4.44. The van der Waals surface area contributed by atoms with Crippen molar-refractivity contribution in [2.75, 3.05) is 20.1 Å². The summed E-state index contributed by atoms with van der Waals surface area (Å²) in [5, 5.41) is 0. The Morgan fingerprint density at radius 3 is 2.39 bits per heavy atom. The molecule has 1 heterocycles. The van der Waals surface area contributed by atoms with Crippen molar-refractivity contribution < 1.29 is 0 Å². The molecule has 1 aromatic rings. The molecule has 3 nitrogen and oxygen atoms in total. The average molecular weight is 243 g/mol. The zero-order chi connectivity index (χ0) is 12.8. The van der Waals surface area contributed by atoms with Crippen LogP contribution in [0.4, 0.5) is 0 Å². The average Bonchev–Trinajstić information content (AvgIpc) is 3.08. The van der Waals surface area contributed by atoms with Gasteiger partial charge in [-0.25, -0.2) is 0 Å². The van der Waals surface area contributed by atoms with E-state index in [1.807, 2.05) is 0 Å². The van der Waals surface area contributed by atoms with Gasteiger partial charge >= 0.3 is 0 Å². The minimum atomic E-state index is 0.245. The molecule has 3 heteroatoms. The SMILES string of the molecule is CC(N)C1(c2ccc(C3=NCCN3C)cc2)CC1. The van der Waals surface area contributed by atoms with E-state index in [0.29, 0.717) is 0 Å². The van der Waals surface area contributed by atoms with E-state index in [-0.39, 0.29) is 11.5 Å². The van der Waals surface area contributed by atoms with E-state index in [1.54, 1.807) is 0 Å². The van der Waals surface area contributed by atoms with Gasteiger partial charge in [0.25, 0.3) is 0 Å². The van der Waals surface area contributed by atoms with Gasteiger partial charge in [0, 0.05) is 30.6 Å². The molecule has 1 aliphatic carbocycles.